The van der Waals surface area contributed by atoms with Gasteiger partial charge in [0.25, 0.3) is 0 Å². The highest BCUT2D eigenvalue weighted by Gasteiger charge is 2.22. The highest BCUT2D eigenvalue weighted by atomic mass is 15.3. The van der Waals surface area contributed by atoms with E-state index in [1.807, 2.05) is 48.0 Å². The Bertz CT molecular complexity index is 1480. The molecule has 0 saturated heterocycles. The Kier molecular flexibility index (Phi) is 4.09. The molecule has 1 aliphatic carbocycles. The molecule has 0 unspecified atom stereocenters. The smallest absolute Gasteiger partial charge is 0.167 e. The second kappa shape index (κ2) is 7.00. The fourth-order valence-corrected chi connectivity index (χ4v) is 4.43. The molecular weight excluding hydrogens is 400 g/mol. The molecule has 32 heavy (non-hydrogen) atoms. The van der Waals surface area contributed by atoms with Crippen molar-refractivity contribution in [2.45, 2.75) is 25.8 Å². The van der Waals surface area contributed by atoms with Gasteiger partial charge in [-0.15, -0.1) is 0 Å². The first-order chi connectivity index (χ1) is 15.6. The summed E-state index contributed by atoms with van der Waals surface area (Å²) in [5.74, 6) is 1.85. The average Bonchev–Trinajstić information content (AvgIpc) is 3.50. The summed E-state index contributed by atoms with van der Waals surface area (Å²) in [7, 11) is 0. The first-order valence-electron chi connectivity index (χ1n) is 10.6. The SMILES string of the molecule is Cc1ccn(-c2ccc3nc(-c4cccnc4N)n(-c4ccc5c(c4)CC[C@@H]5N)c3n2)n1. The Morgan fingerprint density at radius 1 is 1.06 bits per heavy atom. The third-order valence-corrected chi connectivity index (χ3v) is 6.04. The number of aromatic nitrogens is 6. The molecule has 1 aliphatic rings. The molecule has 0 spiro atoms. The van der Waals surface area contributed by atoms with Crippen LogP contribution in [-0.2, 0) is 6.42 Å². The van der Waals surface area contributed by atoms with Crippen molar-refractivity contribution in [3.63, 3.8) is 0 Å². The quantitative estimate of drug-likeness (QED) is 0.460. The van der Waals surface area contributed by atoms with Crippen molar-refractivity contribution in [2.24, 2.45) is 5.73 Å². The molecule has 8 heteroatoms. The second-order valence-electron chi connectivity index (χ2n) is 8.15. The van der Waals surface area contributed by atoms with Crippen LogP contribution in [0.2, 0.25) is 0 Å². The van der Waals surface area contributed by atoms with Crippen molar-refractivity contribution in [3.05, 3.63) is 77.7 Å². The van der Waals surface area contributed by atoms with E-state index in [2.05, 4.69) is 28.3 Å². The average molecular weight is 422 g/mol. The van der Waals surface area contributed by atoms with Crippen molar-refractivity contribution in [3.8, 4) is 22.9 Å². The third-order valence-electron chi connectivity index (χ3n) is 6.04. The molecule has 1 aromatic carbocycles. The molecule has 4 N–H and O–H groups in total. The van der Waals surface area contributed by atoms with E-state index in [1.54, 1.807) is 10.9 Å². The summed E-state index contributed by atoms with van der Waals surface area (Å²) in [6.45, 7) is 1.96. The topological polar surface area (TPSA) is 113 Å². The Morgan fingerprint density at radius 2 is 1.97 bits per heavy atom. The molecule has 4 heterocycles. The van der Waals surface area contributed by atoms with Gasteiger partial charge in [-0.2, -0.15) is 5.10 Å². The van der Waals surface area contributed by atoms with Gasteiger partial charge in [-0.25, -0.2) is 19.6 Å². The summed E-state index contributed by atoms with van der Waals surface area (Å²) in [5, 5.41) is 4.51. The van der Waals surface area contributed by atoms with Crippen LogP contribution in [0, 0.1) is 6.92 Å². The normalized spacial score (nSPS) is 15.4. The van der Waals surface area contributed by atoms with Gasteiger partial charge in [0, 0.05) is 24.1 Å². The molecule has 0 saturated carbocycles. The number of hydrogen-bond donors (Lipinski definition) is 2. The molecular formula is C24H22N8. The number of aryl methyl sites for hydroxylation is 2. The van der Waals surface area contributed by atoms with Crippen molar-refractivity contribution >= 4 is 17.0 Å². The van der Waals surface area contributed by atoms with Gasteiger partial charge in [-0.3, -0.25) is 4.57 Å². The van der Waals surface area contributed by atoms with Gasteiger partial charge in [-0.05, 0) is 73.4 Å². The number of pyridine rings is 2. The summed E-state index contributed by atoms with van der Waals surface area (Å²) in [6.07, 6.45) is 5.51. The Hall–Kier alpha value is -4.04. The summed E-state index contributed by atoms with van der Waals surface area (Å²) in [4.78, 5) is 14.1. The lowest BCUT2D eigenvalue weighted by molar-refractivity contribution is 0.713. The van der Waals surface area contributed by atoms with Crippen LogP contribution < -0.4 is 11.5 Å². The summed E-state index contributed by atoms with van der Waals surface area (Å²) in [5.41, 5.74) is 19.1. The first kappa shape index (κ1) is 18.7. The zero-order valence-corrected chi connectivity index (χ0v) is 17.6. The number of nitrogens with two attached hydrogens (primary N) is 2. The monoisotopic (exact) mass is 422 g/mol. The predicted octanol–water partition coefficient (Wildman–Crippen LogP) is 3.50. The van der Waals surface area contributed by atoms with Gasteiger partial charge in [0.15, 0.2) is 17.3 Å². The molecule has 158 valence electrons. The van der Waals surface area contributed by atoms with Crippen molar-refractivity contribution in [2.75, 3.05) is 5.73 Å². The van der Waals surface area contributed by atoms with Crippen molar-refractivity contribution in [1.82, 2.24) is 29.3 Å². The molecule has 0 bridgehead atoms. The van der Waals surface area contributed by atoms with E-state index in [0.29, 0.717) is 11.6 Å². The van der Waals surface area contributed by atoms with Gasteiger partial charge in [0.1, 0.15) is 11.3 Å². The fourth-order valence-electron chi connectivity index (χ4n) is 4.43. The third kappa shape index (κ3) is 2.88. The van der Waals surface area contributed by atoms with E-state index in [-0.39, 0.29) is 6.04 Å². The summed E-state index contributed by atoms with van der Waals surface area (Å²) < 4.78 is 3.82. The highest BCUT2D eigenvalue weighted by Crippen LogP contribution is 2.34. The number of benzene rings is 1. The maximum atomic E-state index is 6.27. The zero-order valence-electron chi connectivity index (χ0n) is 17.6. The molecule has 8 nitrogen and oxygen atoms in total. The van der Waals surface area contributed by atoms with Crippen LogP contribution in [0.15, 0.2) is 60.9 Å². The van der Waals surface area contributed by atoms with E-state index in [9.17, 15) is 0 Å². The molecule has 5 aromatic rings. The van der Waals surface area contributed by atoms with Crippen LogP contribution in [0.4, 0.5) is 5.82 Å². The minimum Gasteiger partial charge on any atom is -0.383 e. The van der Waals surface area contributed by atoms with E-state index in [0.717, 1.165) is 46.8 Å². The van der Waals surface area contributed by atoms with Crippen LogP contribution in [0.25, 0.3) is 34.1 Å². The van der Waals surface area contributed by atoms with Crippen LogP contribution >= 0.6 is 0 Å². The number of anilines is 1. The number of fused-ring (bicyclic) bond motifs is 2. The number of rotatable bonds is 3. The molecule has 0 fully saturated rings. The molecule has 0 radical (unpaired) electrons. The van der Waals surface area contributed by atoms with Crippen molar-refractivity contribution < 1.29 is 0 Å². The van der Waals surface area contributed by atoms with Crippen LogP contribution in [0.3, 0.4) is 0 Å². The first-order valence-corrected chi connectivity index (χ1v) is 10.6. The molecule has 0 aliphatic heterocycles. The highest BCUT2D eigenvalue weighted by molar-refractivity contribution is 5.83. The second-order valence-corrected chi connectivity index (χ2v) is 8.15. The number of nitrogen functional groups attached to an aromatic ring is 1. The van der Waals surface area contributed by atoms with E-state index < -0.39 is 0 Å². The minimum atomic E-state index is 0.0970. The standard InChI is InChI=1S/C24H22N8/c1-14-10-12-31(30-14)21-9-8-20-24(29-21)32(23(28-20)18-3-2-11-27-22(18)26)16-5-6-17-15(13-16)4-7-19(17)25/h2-3,5-6,8-13,19H,4,7,25H2,1H3,(H2,26,27)/t19-/m0/s1. The van der Waals surface area contributed by atoms with Crippen LogP contribution in [-0.4, -0.2) is 29.3 Å². The van der Waals surface area contributed by atoms with Gasteiger partial charge in [-0.1, -0.05) is 6.07 Å². The van der Waals surface area contributed by atoms with E-state index in [1.165, 1.54) is 11.1 Å². The molecule has 6 rings (SSSR count). The predicted molar refractivity (Wildman–Crippen MR) is 124 cm³/mol. The van der Waals surface area contributed by atoms with Gasteiger partial charge in [0.05, 0.1) is 11.3 Å². The summed E-state index contributed by atoms with van der Waals surface area (Å²) >= 11 is 0. The van der Waals surface area contributed by atoms with E-state index >= 15 is 0 Å². The lowest BCUT2D eigenvalue weighted by Crippen LogP contribution is -2.06. The lowest BCUT2D eigenvalue weighted by Gasteiger charge is -2.13. The van der Waals surface area contributed by atoms with Crippen LogP contribution in [0.5, 0.6) is 0 Å². The maximum absolute atomic E-state index is 6.27. The van der Waals surface area contributed by atoms with Crippen molar-refractivity contribution in [1.29, 1.82) is 0 Å². The van der Waals surface area contributed by atoms with E-state index in [4.69, 9.17) is 21.4 Å². The number of imidazole rings is 1. The maximum Gasteiger partial charge on any atom is 0.167 e. The molecule has 0 amide bonds. The number of hydrogen-bond acceptors (Lipinski definition) is 6. The zero-order chi connectivity index (χ0) is 21.8. The van der Waals surface area contributed by atoms with Gasteiger partial charge < -0.3 is 11.5 Å². The largest absolute Gasteiger partial charge is 0.383 e. The number of nitrogens with zero attached hydrogens (tertiary/aromatic N) is 6. The summed E-state index contributed by atoms with van der Waals surface area (Å²) in [6, 6.07) is 16.1. The minimum absolute atomic E-state index is 0.0970. The Morgan fingerprint density at radius 3 is 2.78 bits per heavy atom. The Labute approximate surface area is 184 Å². The fraction of sp³-hybridized carbons (Fsp3) is 0.167. The van der Waals surface area contributed by atoms with Gasteiger partial charge >= 0.3 is 0 Å². The van der Waals surface area contributed by atoms with Crippen LogP contribution in [0.1, 0.15) is 29.3 Å². The Balaban J connectivity index is 1.63. The van der Waals surface area contributed by atoms with Gasteiger partial charge in [0.2, 0.25) is 0 Å². The molecule has 4 aromatic heterocycles. The molecule has 1 atom stereocenters. The lowest BCUT2D eigenvalue weighted by atomic mass is 10.1.